The molecule has 1 aliphatic rings. The van der Waals surface area contributed by atoms with Crippen molar-refractivity contribution in [2.45, 2.75) is 40.2 Å². The monoisotopic (exact) mass is 350 g/mol. The molecule has 2 nitrogen and oxygen atoms in total. The van der Waals surface area contributed by atoms with Crippen molar-refractivity contribution in [1.29, 1.82) is 0 Å². The molecule has 1 unspecified atom stereocenters. The molecule has 0 fully saturated rings. The molecule has 1 aliphatic heterocycles. The van der Waals surface area contributed by atoms with Crippen molar-refractivity contribution in [3.8, 4) is 0 Å². The fourth-order valence-corrected chi connectivity index (χ4v) is 3.43. The van der Waals surface area contributed by atoms with Gasteiger partial charge in [0.2, 0.25) is 0 Å². The summed E-state index contributed by atoms with van der Waals surface area (Å²) in [7, 11) is 2.00. The van der Waals surface area contributed by atoms with Gasteiger partial charge in [0, 0.05) is 23.6 Å². The van der Waals surface area contributed by atoms with Crippen LogP contribution in [0, 0.1) is 5.41 Å². The van der Waals surface area contributed by atoms with Crippen LogP contribution in [0.1, 0.15) is 45.7 Å². The number of rotatable bonds is 3. The third-order valence-electron chi connectivity index (χ3n) is 4.42. The molecule has 0 radical (unpaired) electrons. The van der Waals surface area contributed by atoms with E-state index >= 15 is 0 Å². The van der Waals surface area contributed by atoms with Crippen LogP contribution < -0.4 is 10.2 Å². The molecule has 0 saturated heterocycles. The number of hydrogen-bond donors (Lipinski definition) is 1. The molecule has 21 heavy (non-hydrogen) atoms. The van der Waals surface area contributed by atoms with Gasteiger partial charge in [0.05, 0.1) is 5.69 Å². The first-order valence-corrected chi connectivity index (χ1v) is 8.53. The second-order valence-corrected chi connectivity index (χ2v) is 7.75. The molecule has 0 spiro atoms. The molecule has 116 valence electrons. The van der Waals surface area contributed by atoms with Crippen LogP contribution in [0.4, 0.5) is 5.69 Å². The van der Waals surface area contributed by atoms with Gasteiger partial charge < -0.3 is 10.2 Å². The average Bonchev–Trinajstić information content (AvgIpc) is 2.45. The SMILES string of the molecule is CNC(C)c1ccc(N2CC=C(C(C)(C)C)CC2)c(Br)c1. The number of nitrogens with one attached hydrogen (secondary N) is 1. The minimum Gasteiger partial charge on any atom is -0.367 e. The number of benzene rings is 1. The predicted molar refractivity (Wildman–Crippen MR) is 96.0 cm³/mol. The van der Waals surface area contributed by atoms with Gasteiger partial charge in [0.1, 0.15) is 0 Å². The van der Waals surface area contributed by atoms with Crippen LogP contribution in [0.3, 0.4) is 0 Å². The quantitative estimate of drug-likeness (QED) is 0.778. The van der Waals surface area contributed by atoms with E-state index < -0.39 is 0 Å². The summed E-state index contributed by atoms with van der Waals surface area (Å²) in [5.74, 6) is 0. The predicted octanol–water partition coefficient (Wildman–Crippen LogP) is 4.91. The second kappa shape index (κ2) is 6.53. The summed E-state index contributed by atoms with van der Waals surface area (Å²) in [6.45, 7) is 11.2. The van der Waals surface area contributed by atoms with E-state index in [2.05, 4.69) is 78.1 Å². The maximum absolute atomic E-state index is 3.74. The zero-order valence-corrected chi connectivity index (χ0v) is 15.4. The zero-order chi connectivity index (χ0) is 15.6. The van der Waals surface area contributed by atoms with E-state index in [4.69, 9.17) is 0 Å². The number of anilines is 1. The third kappa shape index (κ3) is 3.89. The summed E-state index contributed by atoms with van der Waals surface area (Å²) in [5.41, 5.74) is 4.49. The van der Waals surface area contributed by atoms with Crippen LogP contribution in [0.5, 0.6) is 0 Å². The maximum Gasteiger partial charge on any atom is 0.0513 e. The molecule has 2 rings (SSSR count). The average molecular weight is 351 g/mol. The minimum atomic E-state index is 0.301. The van der Waals surface area contributed by atoms with E-state index in [9.17, 15) is 0 Å². The van der Waals surface area contributed by atoms with Crippen molar-refractivity contribution >= 4 is 21.6 Å². The summed E-state index contributed by atoms with van der Waals surface area (Å²) >= 11 is 3.74. The molecule has 0 amide bonds. The van der Waals surface area contributed by atoms with Crippen LogP contribution >= 0.6 is 15.9 Å². The van der Waals surface area contributed by atoms with Gasteiger partial charge in [0.25, 0.3) is 0 Å². The van der Waals surface area contributed by atoms with Crippen molar-refractivity contribution in [3.63, 3.8) is 0 Å². The topological polar surface area (TPSA) is 15.3 Å². The van der Waals surface area contributed by atoms with Crippen molar-refractivity contribution in [2.75, 3.05) is 25.0 Å². The van der Waals surface area contributed by atoms with E-state index in [1.54, 1.807) is 5.57 Å². The Balaban J connectivity index is 2.16. The Morgan fingerprint density at radius 2 is 2.00 bits per heavy atom. The molecule has 1 aromatic carbocycles. The van der Waals surface area contributed by atoms with Gasteiger partial charge in [-0.05, 0) is 59.4 Å². The third-order valence-corrected chi connectivity index (χ3v) is 5.05. The van der Waals surface area contributed by atoms with Gasteiger partial charge in [0.15, 0.2) is 0 Å². The Hall–Kier alpha value is -0.800. The van der Waals surface area contributed by atoms with E-state index in [1.165, 1.54) is 15.7 Å². The fourth-order valence-electron chi connectivity index (χ4n) is 2.78. The van der Waals surface area contributed by atoms with Crippen LogP contribution in [-0.4, -0.2) is 20.1 Å². The first kappa shape index (κ1) is 16.6. The van der Waals surface area contributed by atoms with Crippen molar-refractivity contribution < 1.29 is 0 Å². The van der Waals surface area contributed by atoms with Crippen LogP contribution in [0.25, 0.3) is 0 Å². The van der Waals surface area contributed by atoms with E-state index in [1.807, 2.05) is 7.05 Å². The summed E-state index contributed by atoms with van der Waals surface area (Å²) in [6.07, 6.45) is 3.56. The number of hydrogen-bond acceptors (Lipinski definition) is 2. The van der Waals surface area contributed by atoms with Crippen molar-refractivity contribution in [1.82, 2.24) is 5.32 Å². The molecule has 1 heterocycles. The van der Waals surface area contributed by atoms with Crippen molar-refractivity contribution in [3.05, 3.63) is 39.9 Å². The summed E-state index contributed by atoms with van der Waals surface area (Å²) in [5, 5.41) is 3.29. The first-order valence-electron chi connectivity index (χ1n) is 7.74. The van der Waals surface area contributed by atoms with E-state index in [0.29, 0.717) is 11.5 Å². The molecule has 0 aromatic heterocycles. The smallest absolute Gasteiger partial charge is 0.0513 e. The summed E-state index contributed by atoms with van der Waals surface area (Å²) in [4.78, 5) is 2.45. The lowest BCUT2D eigenvalue weighted by molar-refractivity contribution is 0.472. The van der Waals surface area contributed by atoms with E-state index in [0.717, 1.165) is 19.5 Å². The molecule has 1 N–H and O–H groups in total. The van der Waals surface area contributed by atoms with Crippen LogP contribution in [0.2, 0.25) is 0 Å². The number of nitrogens with zero attached hydrogens (tertiary/aromatic N) is 1. The molecular formula is C18H27BrN2. The van der Waals surface area contributed by atoms with Gasteiger partial charge in [-0.25, -0.2) is 0 Å². The fraction of sp³-hybridized carbons (Fsp3) is 0.556. The van der Waals surface area contributed by atoms with Crippen LogP contribution in [0.15, 0.2) is 34.3 Å². The summed E-state index contributed by atoms with van der Waals surface area (Å²) < 4.78 is 1.19. The number of halogens is 1. The Morgan fingerprint density at radius 3 is 2.48 bits per heavy atom. The van der Waals surface area contributed by atoms with Gasteiger partial charge in [-0.1, -0.05) is 38.5 Å². The molecule has 3 heteroatoms. The highest BCUT2D eigenvalue weighted by Crippen LogP contribution is 2.34. The first-order chi connectivity index (χ1) is 9.82. The molecule has 0 aliphatic carbocycles. The lowest BCUT2D eigenvalue weighted by Crippen LogP contribution is -2.31. The standard InChI is InChI=1S/C18H27BrN2/c1-13(20-5)14-6-7-17(16(19)12-14)21-10-8-15(9-11-21)18(2,3)4/h6-8,12-13,20H,9-11H2,1-5H3. The van der Waals surface area contributed by atoms with Crippen molar-refractivity contribution in [2.24, 2.45) is 5.41 Å². The minimum absolute atomic E-state index is 0.301. The Labute approximate surface area is 137 Å². The lowest BCUT2D eigenvalue weighted by Gasteiger charge is -2.34. The molecule has 0 saturated carbocycles. The Morgan fingerprint density at radius 1 is 1.29 bits per heavy atom. The molecule has 0 bridgehead atoms. The summed E-state index contributed by atoms with van der Waals surface area (Å²) in [6, 6.07) is 7.08. The Kier molecular flexibility index (Phi) is 5.15. The highest BCUT2D eigenvalue weighted by molar-refractivity contribution is 9.10. The highest BCUT2D eigenvalue weighted by Gasteiger charge is 2.22. The van der Waals surface area contributed by atoms with Gasteiger partial charge >= 0.3 is 0 Å². The maximum atomic E-state index is 3.74. The van der Waals surface area contributed by atoms with Crippen LogP contribution in [-0.2, 0) is 0 Å². The zero-order valence-electron chi connectivity index (χ0n) is 13.8. The lowest BCUT2D eigenvalue weighted by atomic mass is 9.83. The molecular weight excluding hydrogens is 324 g/mol. The molecule has 1 atom stereocenters. The highest BCUT2D eigenvalue weighted by atomic mass is 79.9. The Bertz CT molecular complexity index is 529. The molecule has 1 aromatic rings. The normalized spacial score (nSPS) is 17.6. The van der Waals surface area contributed by atoms with E-state index in [-0.39, 0.29) is 0 Å². The second-order valence-electron chi connectivity index (χ2n) is 6.90. The van der Waals surface area contributed by atoms with Gasteiger partial charge in [-0.2, -0.15) is 0 Å². The van der Waals surface area contributed by atoms with Gasteiger partial charge in [-0.3, -0.25) is 0 Å². The van der Waals surface area contributed by atoms with Gasteiger partial charge in [-0.15, -0.1) is 0 Å². The largest absolute Gasteiger partial charge is 0.367 e.